The predicted octanol–water partition coefficient (Wildman–Crippen LogP) is 9.43. The first-order chi connectivity index (χ1) is 27.4. The first-order valence-corrected chi connectivity index (χ1v) is 22.3. The van der Waals surface area contributed by atoms with Crippen molar-refractivity contribution in [3.05, 3.63) is 29.8 Å². The Bertz CT molecular complexity index is 843. The average molecular weight is 785 g/mol. The van der Waals surface area contributed by atoms with Crippen LogP contribution < -0.4 is 4.74 Å². The summed E-state index contributed by atoms with van der Waals surface area (Å²) < 4.78 is 55.9. The van der Waals surface area contributed by atoms with Crippen molar-refractivity contribution >= 4 is 0 Å². The molecular formula is C45H84O10. The molecule has 0 aliphatic heterocycles. The second-order valence-electron chi connectivity index (χ2n) is 14.1. The number of unbranched alkanes of at least 4 members (excludes halogenated alkanes) is 15. The van der Waals surface area contributed by atoms with Crippen LogP contribution in [0.25, 0.3) is 0 Å². The Morgan fingerprint density at radius 1 is 0.273 bits per heavy atom. The lowest BCUT2D eigenvalue weighted by atomic mass is 10.0. The Balaban J connectivity index is 1.67. The molecule has 1 rings (SSSR count). The van der Waals surface area contributed by atoms with Gasteiger partial charge in [-0.2, -0.15) is 0 Å². The molecule has 0 amide bonds. The quantitative estimate of drug-likeness (QED) is 0.0596. The lowest BCUT2D eigenvalue weighted by Crippen LogP contribution is -2.15. The van der Waals surface area contributed by atoms with Crippen molar-refractivity contribution in [1.29, 1.82) is 0 Å². The van der Waals surface area contributed by atoms with E-state index >= 15 is 0 Å². The van der Waals surface area contributed by atoms with E-state index in [0.717, 1.165) is 25.2 Å². The molecular weight excluding hydrogens is 700 g/mol. The molecule has 10 heteroatoms. The topological polar surface area (TPSA) is 92.3 Å². The van der Waals surface area contributed by atoms with Gasteiger partial charge in [0, 0.05) is 6.61 Å². The van der Waals surface area contributed by atoms with E-state index in [9.17, 15) is 0 Å². The summed E-state index contributed by atoms with van der Waals surface area (Å²) in [6, 6.07) is 8.47. The standard InChI is InChI=1S/C45H84O10/c1-3-5-7-9-11-12-13-15-17-19-25-46-26-27-47-28-29-48-30-31-49-32-33-50-34-35-51-36-37-52-38-39-53-40-41-54-42-43-55-45-23-21-44(22-24-45)20-18-16-14-10-8-6-4-2/h21-24H,3-20,25-43H2,1-2H3. The predicted molar refractivity (Wildman–Crippen MR) is 223 cm³/mol. The molecule has 0 unspecified atom stereocenters. The Morgan fingerprint density at radius 3 is 0.891 bits per heavy atom. The molecule has 10 nitrogen and oxygen atoms in total. The highest BCUT2D eigenvalue weighted by Crippen LogP contribution is 2.15. The van der Waals surface area contributed by atoms with E-state index in [0.29, 0.717) is 119 Å². The van der Waals surface area contributed by atoms with Gasteiger partial charge < -0.3 is 47.4 Å². The first kappa shape index (κ1) is 51.7. The van der Waals surface area contributed by atoms with Crippen LogP contribution in [0.15, 0.2) is 24.3 Å². The molecule has 1 aromatic carbocycles. The third-order valence-electron chi connectivity index (χ3n) is 9.11. The molecule has 0 N–H and O–H groups in total. The van der Waals surface area contributed by atoms with Crippen molar-refractivity contribution in [2.24, 2.45) is 0 Å². The van der Waals surface area contributed by atoms with Crippen molar-refractivity contribution in [2.45, 2.75) is 129 Å². The van der Waals surface area contributed by atoms with E-state index in [1.54, 1.807) is 0 Å². The monoisotopic (exact) mass is 785 g/mol. The summed E-state index contributed by atoms with van der Waals surface area (Å²) in [5.74, 6) is 0.892. The SMILES string of the molecule is CCCCCCCCCCCCOCCOCCOCCOCCOCCOCCOCCOCCOCCOc1ccc(CCCCCCCCC)cc1. The molecule has 0 atom stereocenters. The third-order valence-corrected chi connectivity index (χ3v) is 9.11. The van der Waals surface area contributed by atoms with Gasteiger partial charge in [0.15, 0.2) is 0 Å². The van der Waals surface area contributed by atoms with Crippen LogP contribution in [0, 0.1) is 0 Å². The van der Waals surface area contributed by atoms with Crippen LogP contribution in [-0.4, -0.2) is 126 Å². The Morgan fingerprint density at radius 2 is 0.545 bits per heavy atom. The summed E-state index contributed by atoms with van der Waals surface area (Å²) in [5.41, 5.74) is 1.38. The normalized spacial score (nSPS) is 11.5. The highest BCUT2D eigenvalue weighted by atomic mass is 16.6. The van der Waals surface area contributed by atoms with Crippen molar-refractivity contribution in [1.82, 2.24) is 0 Å². The second-order valence-corrected chi connectivity index (χ2v) is 14.1. The number of hydrogen-bond acceptors (Lipinski definition) is 10. The largest absolute Gasteiger partial charge is 0.491 e. The molecule has 0 heterocycles. The maximum absolute atomic E-state index is 5.79. The zero-order valence-corrected chi connectivity index (χ0v) is 35.6. The van der Waals surface area contributed by atoms with Crippen molar-refractivity contribution in [3.63, 3.8) is 0 Å². The number of ether oxygens (including phenoxy) is 10. The highest BCUT2D eigenvalue weighted by molar-refractivity contribution is 5.27. The van der Waals surface area contributed by atoms with E-state index < -0.39 is 0 Å². The minimum atomic E-state index is 0.526. The molecule has 0 bridgehead atoms. The van der Waals surface area contributed by atoms with E-state index in [-0.39, 0.29) is 0 Å². The van der Waals surface area contributed by atoms with Crippen LogP contribution in [-0.2, 0) is 49.1 Å². The number of benzene rings is 1. The van der Waals surface area contributed by atoms with Gasteiger partial charge in [-0.25, -0.2) is 0 Å². The van der Waals surface area contributed by atoms with Crippen molar-refractivity contribution in [3.8, 4) is 5.75 Å². The Labute approximate surface area is 337 Å². The molecule has 324 valence electrons. The van der Waals surface area contributed by atoms with Gasteiger partial charge in [-0.3, -0.25) is 0 Å². The number of rotatable bonds is 47. The second kappa shape index (κ2) is 45.4. The van der Waals surface area contributed by atoms with Gasteiger partial charge >= 0.3 is 0 Å². The molecule has 1 aromatic rings. The average Bonchev–Trinajstić information content (AvgIpc) is 3.20. The van der Waals surface area contributed by atoms with Crippen LogP contribution in [0.2, 0.25) is 0 Å². The van der Waals surface area contributed by atoms with E-state index in [1.165, 1.54) is 108 Å². The van der Waals surface area contributed by atoms with Crippen LogP contribution in [0.3, 0.4) is 0 Å². The van der Waals surface area contributed by atoms with E-state index in [2.05, 4.69) is 38.1 Å². The lowest BCUT2D eigenvalue weighted by molar-refractivity contribution is -0.0254. The lowest BCUT2D eigenvalue weighted by Gasteiger charge is -2.09. The van der Waals surface area contributed by atoms with Crippen molar-refractivity contribution in [2.75, 3.05) is 126 Å². The minimum Gasteiger partial charge on any atom is -0.491 e. The maximum Gasteiger partial charge on any atom is 0.119 e. The molecule has 0 fully saturated rings. The van der Waals surface area contributed by atoms with E-state index in [4.69, 9.17) is 47.4 Å². The zero-order valence-electron chi connectivity index (χ0n) is 35.6. The van der Waals surface area contributed by atoms with E-state index in [1.807, 2.05) is 0 Å². The van der Waals surface area contributed by atoms with Crippen LogP contribution in [0.4, 0.5) is 0 Å². The summed E-state index contributed by atoms with van der Waals surface area (Å²) in [6.45, 7) is 15.2. The summed E-state index contributed by atoms with van der Waals surface area (Å²) in [4.78, 5) is 0. The van der Waals surface area contributed by atoms with Crippen LogP contribution >= 0.6 is 0 Å². The number of aryl methyl sites for hydroxylation is 1. The number of hydrogen-bond donors (Lipinski definition) is 0. The summed E-state index contributed by atoms with van der Waals surface area (Å²) >= 11 is 0. The van der Waals surface area contributed by atoms with Gasteiger partial charge in [-0.1, -0.05) is 122 Å². The third kappa shape index (κ3) is 40.7. The Kier molecular flexibility index (Phi) is 42.6. The molecule has 0 saturated heterocycles. The summed E-state index contributed by atoms with van der Waals surface area (Å²) in [5, 5.41) is 0. The molecule has 0 aromatic heterocycles. The van der Waals surface area contributed by atoms with Gasteiger partial charge in [-0.15, -0.1) is 0 Å². The smallest absolute Gasteiger partial charge is 0.119 e. The van der Waals surface area contributed by atoms with Gasteiger partial charge in [0.1, 0.15) is 12.4 Å². The van der Waals surface area contributed by atoms with Crippen LogP contribution in [0.1, 0.15) is 129 Å². The molecule has 0 aliphatic rings. The maximum atomic E-state index is 5.79. The van der Waals surface area contributed by atoms with Crippen molar-refractivity contribution < 1.29 is 47.4 Å². The molecule has 55 heavy (non-hydrogen) atoms. The fourth-order valence-electron chi connectivity index (χ4n) is 5.81. The molecule has 0 radical (unpaired) electrons. The summed E-state index contributed by atoms with van der Waals surface area (Å²) in [7, 11) is 0. The zero-order chi connectivity index (χ0) is 39.2. The molecule has 0 aliphatic carbocycles. The summed E-state index contributed by atoms with van der Waals surface area (Å²) in [6.07, 6.45) is 24.0. The molecule has 0 spiro atoms. The Hall–Kier alpha value is -1.34. The highest BCUT2D eigenvalue weighted by Gasteiger charge is 2.00. The van der Waals surface area contributed by atoms with Gasteiger partial charge in [-0.05, 0) is 37.0 Å². The first-order valence-electron chi connectivity index (χ1n) is 22.3. The van der Waals surface area contributed by atoms with Crippen LogP contribution in [0.5, 0.6) is 5.75 Å². The molecule has 0 saturated carbocycles. The van der Waals surface area contributed by atoms with Gasteiger partial charge in [0.05, 0.1) is 112 Å². The fourth-order valence-corrected chi connectivity index (χ4v) is 5.81. The van der Waals surface area contributed by atoms with Gasteiger partial charge in [0.2, 0.25) is 0 Å². The minimum absolute atomic E-state index is 0.526. The van der Waals surface area contributed by atoms with Gasteiger partial charge in [0.25, 0.3) is 0 Å². The fraction of sp³-hybridized carbons (Fsp3) is 0.867.